The zero-order valence-corrected chi connectivity index (χ0v) is 10.0. The van der Waals surface area contributed by atoms with E-state index in [4.69, 9.17) is 4.74 Å². The van der Waals surface area contributed by atoms with E-state index in [-0.39, 0.29) is 17.2 Å². The molecule has 0 aromatic heterocycles. The van der Waals surface area contributed by atoms with E-state index in [1.54, 1.807) is 0 Å². The van der Waals surface area contributed by atoms with E-state index in [9.17, 15) is 5.21 Å². The first-order chi connectivity index (χ1) is 6.32. The Bertz CT molecular complexity index is 201. The molecule has 0 aromatic carbocycles. The van der Waals surface area contributed by atoms with Crippen LogP contribution < -0.4 is 0 Å². The summed E-state index contributed by atoms with van der Waals surface area (Å²) in [5, 5.41) is 11.5. The van der Waals surface area contributed by atoms with Crippen molar-refractivity contribution in [3.63, 3.8) is 0 Å². The second-order valence-electron chi connectivity index (χ2n) is 5.34. The third-order valence-electron chi connectivity index (χ3n) is 3.12. The van der Waals surface area contributed by atoms with Crippen LogP contribution in [-0.4, -0.2) is 34.1 Å². The van der Waals surface area contributed by atoms with Gasteiger partial charge in [-0.2, -0.15) is 5.06 Å². The van der Waals surface area contributed by atoms with Gasteiger partial charge in [-0.15, -0.1) is 0 Å². The van der Waals surface area contributed by atoms with Gasteiger partial charge in [0.1, 0.15) is 0 Å². The van der Waals surface area contributed by atoms with Gasteiger partial charge in [-0.1, -0.05) is 6.92 Å². The summed E-state index contributed by atoms with van der Waals surface area (Å²) in [5.74, 6) is 0. The number of nitrogens with zero attached hydrogens (tertiary/aromatic N) is 1. The monoisotopic (exact) mass is 201 g/mol. The first-order valence-electron chi connectivity index (χ1n) is 5.43. The quantitative estimate of drug-likeness (QED) is 0.761. The summed E-state index contributed by atoms with van der Waals surface area (Å²) in [4.78, 5) is 0. The molecule has 1 saturated heterocycles. The minimum absolute atomic E-state index is 0.127. The Hall–Kier alpha value is -0.120. The third-order valence-corrected chi connectivity index (χ3v) is 3.12. The van der Waals surface area contributed by atoms with Crippen molar-refractivity contribution < 1.29 is 9.94 Å². The van der Waals surface area contributed by atoms with Gasteiger partial charge in [0, 0.05) is 12.1 Å². The van der Waals surface area contributed by atoms with Crippen molar-refractivity contribution in [3.8, 4) is 0 Å². The fourth-order valence-electron chi connectivity index (χ4n) is 2.23. The molecular weight excluding hydrogens is 178 g/mol. The normalized spacial score (nSPS) is 30.9. The van der Waals surface area contributed by atoms with Gasteiger partial charge in [0.05, 0.1) is 11.6 Å². The van der Waals surface area contributed by atoms with E-state index in [1.165, 1.54) is 5.06 Å². The van der Waals surface area contributed by atoms with Crippen LogP contribution in [-0.2, 0) is 4.74 Å². The molecule has 3 heteroatoms. The van der Waals surface area contributed by atoms with Crippen LogP contribution in [0.25, 0.3) is 0 Å². The van der Waals surface area contributed by atoms with Gasteiger partial charge in [-0.05, 0) is 40.5 Å². The Balaban J connectivity index is 2.70. The molecule has 0 aromatic rings. The number of hydrogen-bond donors (Lipinski definition) is 1. The predicted molar refractivity (Wildman–Crippen MR) is 56.4 cm³/mol. The standard InChI is InChI=1S/C11H23NO2/c1-6-7-14-9-8-10(2,3)12(13)11(9,4)5/h9,13H,6-8H2,1-5H3. The fraction of sp³-hybridized carbons (Fsp3) is 1.00. The summed E-state index contributed by atoms with van der Waals surface area (Å²) >= 11 is 0. The average Bonchev–Trinajstić information content (AvgIpc) is 2.23. The summed E-state index contributed by atoms with van der Waals surface area (Å²) in [6.07, 6.45) is 2.04. The first kappa shape index (κ1) is 12.0. The van der Waals surface area contributed by atoms with Crippen molar-refractivity contribution in [1.29, 1.82) is 0 Å². The molecule has 1 atom stereocenters. The molecular formula is C11H23NO2. The topological polar surface area (TPSA) is 32.7 Å². The summed E-state index contributed by atoms with van der Waals surface area (Å²) < 4.78 is 5.77. The zero-order valence-electron chi connectivity index (χ0n) is 10.0. The Morgan fingerprint density at radius 2 is 1.93 bits per heavy atom. The minimum atomic E-state index is -0.279. The lowest BCUT2D eigenvalue weighted by Gasteiger charge is -2.35. The molecule has 1 unspecified atom stereocenters. The van der Waals surface area contributed by atoms with E-state index < -0.39 is 0 Å². The van der Waals surface area contributed by atoms with Crippen molar-refractivity contribution in [1.82, 2.24) is 5.06 Å². The molecule has 0 amide bonds. The summed E-state index contributed by atoms with van der Waals surface area (Å²) in [6.45, 7) is 11.0. The molecule has 1 heterocycles. The van der Waals surface area contributed by atoms with Gasteiger partial charge < -0.3 is 9.94 Å². The zero-order chi connectivity index (χ0) is 11.0. The second-order valence-corrected chi connectivity index (χ2v) is 5.34. The molecule has 0 bridgehead atoms. The van der Waals surface area contributed by atoms with Gasteiger partial charge in [0.15, 0.2) is 0 Å². The molecule has 0 spiro atoms. The molecule has 0 saturated carbocycles. The Morgan fingerprint density at radius 1 is 1.36 bits per heavy atom. The molecule has 1 aliphatic rings. The van der Waals surface area contributed by atoms with Crippen LogP contribution in [0.15, 0.2) is 0 Å². The van der Waals surface area contributed by atoms with Crippen molar-refractivity contribution in [3.05, 3.63) is 0 Å². The molecule has 1 N–H and O–H groups in total. The highest BCUT2D eigenvalue weighted by atomic mass is 16.5. The maximum absolute atomic E-state index is 10.0. The smallest absolute Gasteiger partial charge is 0.0794 e. The molecule has 1 fully saturated rings. The van der Waals surface area contributed by atoms with Crippen molar-refractivity contribution in [2.75, 3.05) is 6.61 Å². The molecule has 1 aliphatic heterocycles. The lowest BCUT2D eigenvalue weighted by Crippen LogP contribution is -2.49. The van der Waals surface area contributed by atoms with Crippen molar-refractivity contribution >= 4 is 0 Å². The van der Waals surface area contributed by atoms with Crippen molar-refractivity contribution in [2.24, 2.45) is 0 Å². The third kappa shape index (κ3) is 1.95. The van der Waals surface area contributed by atoms with Crippen LogP contribution in [0.4, 0.5) is 0 Å². The van der Waals surface area contributed by atoms with E-state index in [0.717, 1.165) is 19.4 Å². The maximum Gasteiger partial charge on any atom is 0.0794 e. The van der Waals surface area contributed by atoms with E-state index in [1.807, 2.05) is 27.7 Å². The highest BCUT2D eigenvalue weighted by Crippen LogP contribution is 2.40. The molecule has 3 nitrogen and oxygen atoms in total. The van der Waals surface area contributed by atoms with E-state index in [0.29, 0.717) is 0 Å². The number of hydrogen-bond acceptors (Lipinski definition) is 3. The molecule has 1 rings (SSSR count). The molecule has 0 radical (unpaired) electrons. The SMILES string of the molecule is CCCOC1CC(C)(C)N(O)C1(C)C. The minimum Gasteiger partial charge on any atom is -0.376 e. The predicted octanol–water partition coefficient (Wildman–Crippen LogP) is 2.43. The van der Waals surface area contributed by atoms with Gasteiger partial charge in [-0.25, -0.2) is 0 Å². The van der Waals surface area contributed by atoms with Gasteiger partial charge in [-0.3, -0.25) is 0 Å². The molecule has 84 valence electrons. The Morgan fingerprint density at radius 3 is 2.29 bits per heavy atom. The first-order valence-corrected chi connectivity index (χ1v) is 5.43. The van der Waals surface area contributed by atoms with Gasteiger partial charge in [0.2, 0.25) is 0 Å². The molecule has 0 aliphatic carbocycles. The average molecular weight is 201 g/mol. The van der Waals surface area contributed by atoms with E-state index >= 15 is 0 Å². The fourth-order valence-corrected chi connectivity index (χ4v) is 2.23. The highest BCUT2D eigenvalue weighted by Gasteiger charge is 2.51. The Kier molecular flexibility index (Phi) is 3.24. The highest BCUT2D eigenvalue weighted by molar-refractivity contribution is 5.03. The van der Waals surface area contributed by atoms with Crippen LogP contribution in [0.2, 0.25) is 0 Å². The summed E-state index contributed by atoms with van der Waals surface area (Å²) in [6, 6.07) is 0. The maximum atomic E-state index is 10.0. The van der Waals surface area contributed by atoms with Crippen LogP contribution in [0.1, 0.15) is 47.5 Å². The van der Waals surface area contributed by atoms with Crippen molar-refractivity contribution in [2.45, 2.75) is 64.6 Å². The largest absolute Gasteiger partial charge is 0.376 e. The number of ether oxygens (including phenoxy) is 1. The summed E-state index contributed by atoms with van der Waals surface area (Å²) in [5.41, 5.74) is -0.458. The Labute approximate surface area is 87.0 Å². The molecule has 14 heavy (non-hydrogen) atoms. The van der Waals surface area contributed by atoms with Crippen LogP contribution in [0, 0.1) is 0 Å². The summed E-state index contributed by atoms with van der Waals surface area (Å²) in [7, 11) is 0. The lowest BCUT2D eigenvalue weighted by molar-refractivity contribution is -0.204. The van der Waals surface area contributed by atoms with Gasteiger partial charge >= 0.3 is 0 Å². The van der Waals surface area contributed by atoms with Crippen LogP contribution >= 0.6 is 0 Å². The van der Waals surface area contributed by atoms with Crippen LogP contribution in [0.5, 0.6) is 0 Å². The second kappa shape index (κ2) is 3.80. The van der Waals surface area contributed by atoms with Gasteiger partial charge in [0.25, 0.3) is 0 Å². The lowest BCUT2D eigenvalue weighted by atomic mass is 9.97. The van der Waals surface area contributed by atoms with Crippen LogP contribution in [0.3, 0.4) is 0 Å². The number of rotatable bonds is 3. The number of hydroxylamine groups is 2. The van der Waals surface area contributed by atoms with E-state index in [2.05, 4.69) is 6.92 Å².